The van der Waals surface area contributed by atoms with Gasteiger partial charge in [-0.2, -0.15) is 0 Å². The summed E-state index contributed by atoms with van der Waals surface area (Å²) in [6.45, 7) is 4.36. The summed E-state index contributed by atoms with van der Waals surface area (Å²) in [5, 5.41) is 0. The molecule has 0 heteroatoms. The molecule has 2 aromatic rings. The number of benzene rings is 2. The van der Waals surface area contributed by atoms with Crippen LogP contribution in [0.15, 0.2) is 42.5 Å². The van der Waals surface area contributed by atoms with Gasteiger partial charge < -0.3 is 0 Å². The minimum atomic E-state index is 1.32. The Labute approximate surface area is 103 Å². The van der Waals surface area contributed by atoms with E-state index in [-0.39, 0.29) is 0 Å². The number of hydrogen-bond donors (Lipinski definition) is 0. The molecule has 0 nitrogen and oxygen atoms in total. The quantitative estimate of drug-likeness (QED) is 0.666. The first-order valence-electron chi connectivity index (χ1n) is 5.98. The second-order valence-corrected chi connectivity index (χ2v) is 4.62. The van der Waals surface area contributed by atoms with Crippen molar-refractivity contribution in [2.45, 2.75) is 13.8 Å². The first kappa shape index (κ1) is 10.3. The van der Waals surface area contributed by atoms with Gasteiger partial charge >= 0.3 is 0 Å². The molecule has 0 bridgehead atoms. The van der Waals surface area contributed by atoms with E-state index in [4.69, 9.17) is 0 Å². The number of fused-ring (bicyclic) bond motifs is 1. The number of aryl methyl sites for hydroxylation is 1. The predicted octanol–water partition coefficient (Wildman–Crippen LogP) is 4.41. The maximum absolute atomic E-state index is 2.27. The lowest BCUT2D eigenvalue weighted by molar-refractivity contribution is 1.31. The molecule has 2 aromatic carbocycles. The lowest BCUT2D eigenvalue weighted by atomic mass is 9.96. The van der Waals surface area contributed by atoms with Crippen molar-refractivity contribution in [3.63, 3.8) is 0 Å². The number of rotatable bonds is 1. The topological polar surface area (TPSA) is 0 Å². The SMILES string of the molecule is Cc1cccc(C2=Cc3ccccc3[CH]2)c1C. The van der Waals surface area contributed by atoms with Crippen molar-refractivity contribution in [3.05, 3.63) is 76.7 Å². The van der Waals surface area contributed by atoms with Crippen molar-refractivity contribution in [1.29, 1.82) is 0 Å². The molecule has 0 heterocycles. The number of allylic oxidation sites excluding steroid dienone is 1. The zero-order valence-electron chi connectivity index (χ0n) is 10.2. The molecule has 0 unspecified atom stereocenters. The first-order chi connectivity index (χ1) is 8.25. The first-order valence-corrected chi connectivity index (χ1v) is 5.98. The highest BCUT2D eigenvalue weighted by Crippen LogP contribution is 2.34. The summed E-state index contributed by atoms with van der Waals surface area (Å²) < 4.78 is 0. The number of hydrogen-bond acceptors (Lipinski definition) is 0. The van der Waals surface area contributed by atoms with Crippen LogP contribution in [0.1, 0.15) is 27.8 Å². The molecule has 1 radical (unpaired) electrons. The fourth-order valence-electron chi connectivity index (χ4n) is 2.37. The minimum Gasteiger partial charge on any atom is -0.0619 e. The van der Waals surface area contributed by atoms with Crippen molar-refractivity contribution < 1.29 is 0 Å². The van der Waals surface area contributed by atoms with Crippen molar-refractivity contribution in [3.8, 4) is 0 Å². The lowest BCUT2D eigenvalue weighted by Gasteiger charge is -2.09. The average Bonchev–Trinajstić information content (AvgIpc) is 2.76. The van der Waals surface area contributed by atoms with Gasteiger partial charge in [0.05, 0.1) is 0 Å². The average molecular weight is 219 g/mol. The molecule has 0 saturated heterocycles. The van der Waals surface area contributed by atoms with Crippen molar-refractivity contribution in [2.24, 2.45) is 0 Å². The van der Waals surface area contributed by atoms with Crippen LogP contribution in [0.2, 0.25) is 0 Å². The third kappa shape index (κ3) is 1.70. The van der Waals surface area contributed by atoms with Crippen LogP contribution in [0.4, 0.5) is 0 Å². The Morgan fingerprint density at radius 3 is 2.29 bits per heavy atom. The highest BCUT2D eigenvalue weighted by molar-refractivity contribution is 5.95. The van der Waals surface area contributed by atoms with Crippen LogP contribution in [0.25, 0.3) is 11.6 Å². The third-order valence-electron chi connectivity index (χ3n) is 3.53. The molecule has 0 atom stereocenters. The fourth-order valence-corrected chi connectivity index (χ4v) is 2.37. The van der Waals surface area contributed by atoms with Crippen LogP contribution in [0.3, 0.4) is 0 Å². The van der Waals surface area contributed by atoms with Crippen LogP contribution in [-0.4, -0.2) is 0 Å². The van der Waals surface area contributed by atoms with Crippen molar-refractivity contribution in [2.75, 3.05) is 0 Å². The largest absolute Gasteiger partial charge is 0.0619 e. The Bertz CT molecular complexity index is 603. The van der Waals surface area contributed by atoms with Crippen molar-refractivity contribution in [1.82, 2.24) is 0 Å². The van der Waals surface area contributed by atoms with Gasteiger partial charge in [-0.1, -0.05) is 48.5 Å². The smallest absolute Gasteiger partial charge is 0.0211 e. The van der Waals surface area contributed by atoms with Gasteiger partial charge in [-0.05, 0) is 47.2 Å². The molecule has 17 heavy (non-hydrogen) atoms. The van der Waals surface area contributed by atoms with Crippen LogP contribution in [-0.2, 0) is 0 Å². The van der Waals surface area contributed by atoms with Crippen molar-refractivity contribution >= 4 is 11.6 Å². The Balaban J connectivity index is 2.07. The van der Waals surface area contributed by atoms with Gasteiger partial charge in [-0.3, -0.25) is 0 Å². The Morgan fingerprint density at radius 2 is 1.53 bits per heavy atom. The van der Waals surface area contributed by atoms with Gasteiger partial charge in [0.2, 0.25) is 0 Å². The highest BCUT2D eigenvalue weighted by atomic mass is 14.2. The van der Waals surface area contributed by atoms with Gasteiger partial charge in [-0.15, -0.1) is 0 Å². The molecule has 0 aromatic heterocycles. The molecule has 1 aliphatic rings. The Hall–Kier alpha value is -1.82. The Morgan fingerprint density at radius 1 is 0.765 bits per heavy atom. The van der Waals surface area contributed by atoms with E-state index in [9.17, 15) is 0 Å². The summed E-state index contributed by atoms with van der Waals surface area (Å²) in [6, 6.07) is 15.0. The molecule has 83 valence electrons. The summed E-state index contributed by atoms with van der Waals surface area (Å²) in [7, 11) is 0. The van der Waals surface area contributed by atoms with E-state index in [0.717, 1.165) is 0 Å². The van der Waals surface area contributed by atoms with Gasteiger partial charge in [0.25, 0.3) is 0 Å². The standard InChI is InChI=1S/C17H15/c1-12-6-5-9-17(13(12)2)16-10-14-7-3-4-8-15(14)11-16/h3-11H,1-2H3. The fraction of sp³-hybridized carbons (Fsp3) is 0.118. The predicted molar refractivity (Wildman–Crippen MR) is 73.6 cm³/mol. The van der Waals surface area contributed by atoms with E-state index in [1.165, 1.54) is 33.4 Å². The minimum absolute atomic E-state index is 1.32. The molecule has 0 saturated carbocycles. The second kappa shape index (κ2) is 3.89. The molecular weight excluding hydrogens is 204 g/mol. The summed E-state index contributed by atoms with van der Waals surface area (Å²) in [5.41, 5.74) is 8.05. The maximum Gasteiger partial charge on any atom is 0.0211 e. The summed E-state index contributed by atoms with van der Waals surface area (Å²) in [5.74, 6) is 0. The third-order valence-corrected chi connectivity index (χ3v) is 3.53. The zero-order valence-corrected chi connectivity index (χ0v) is 10.2. The second-order valence-electron chi connectivity index (χ2n) is 4.62. The van der Waals surface area contributed by atoms with Crippen LogP contribution < -0.4 is 0 Å². The molecule has 0 N–H and O–H groups in total. The monoisotopic (exact) mass is 219 g/mol. The molecule has 3 rings (SSSR count). The molecule has 0 amide bonds. The van der Waals surface area contributed by atoms with E-state index in [1.807, 2.05) is 0 Å². The maximum atomic E-state index is 2.27. The van der Waals surface area contributed by atoms with E-state index >= 15 is 0 Å². The normalized spacial score (nSPS) is 13.4. The molecule has 1 aliphatic carbocycles. The summed E-state index contributed by atoms with van der Waals surface area (Å²) in [4.78, 5) is 0. The highest BCUT2D eigenvalue weighted by Gasteiger charge is 2.15. The van der Waals surface area contributed by atoms with Gasteiger partial charge in [0, 0.05) is 6.42 Å². The van der Waals surface area contributed by atoms with Gasteiger partial charge in [0.1, 0.15) is 0 Å². The zero-order chi connectivity index (χ0) is 11.8. The summed E-state index contributed by atoms with van der Waals surface area (Å²) in [6.07, 6.45) is 4.55. The van der Waals surface area contributed by atoms with E-state index < -0.39 is 0 Å². The molecule has 0 aliphatic heterocycles. The molecule has 0 fully saturated rings. The van der Waals surface area contributed by atoms with Gasteiger partial charge in [-0.25, -0.2) is 0 Å². The van der Waals surface area contributed by atoms with E-state index in [1.54, 1.807) is 0 Å². The van der Waals surface area contributed by atoms with Crippen LogP contribution in [0, 0.1) is 20.3 Å². The van der Waals surface area contributed by atoms with Crippen LogP contribution >= 0.6 is 0 Å². The van der Waals surface area contributed by atoms with E-state index in [2.05, 4.69) is 68.8 Å². The van der Waals surface area contributed by atoms with E-state index in [0.29, 0.717) is 0 Å². The Kier molecular flexibility index (Phi) is 2.36. The lowest BCUT2D eigenvalue weighted by Crippen LogP contribution is -1.90. The molecular formula is C17H15. The van der Waals surface area contributed by atoms with Crippen LogP contribution in [0.5, 0.6) is 0 Å². The summed E-state index contributed by atoms with van der Waals surface area (Å²) >= 11 is 0. The van der Waals surface area contributed by atoms with Gasteiger partial charge in [0.15, 0.2) is 0 Å². The molecule has 0 spiro atoms.